The Balaban J connectivity index is 0.657. The number of nitrogens with zero attached hydrogens (tertiary/aromatic N) is 5. The van der Waals surface area contributed by atoms with Crippen molar-refractivity contribution in [3.8, 4) is 23.3 Å². The van der Waals surface area contributed by atoms with Gasteiger partial charge >= 0.3 is 0 Å². The summed E-state index contributed by atoms with van der Waals surface area (Å²) in [6.45, 7) is 10.0. The summed E-state index contributed by atoms with van der Waals surface area (Å²) in [6, 6.07) is 12.7. The number of piperazine rings is 1. The molecule has 0 radical (unpaired) electrons. The number of benzene rings is 3. The number of anilines is 3. The average Bonchev–Trinajstić information content (AvgIpc) is 3.67. The summed E-state index contributed by atoms with van der Waals surface area (Å²) in [5, 5.41) is 19.5. The minimum atomic E-state index is -1.08. The summed E-state index contributed by atoms with van der Waals surface area (Å²) in [5.41, 5.74) is 2.41. The molecule has 3 aliphatic heterocycles. The largest absolute Gasteiger partial charge is 0.495 e. The van der Waals surface area contributed by atoms with Gasteiger partial charge in [-0.05, 0) is 69.3 Å². The number of piperidine rings is 1. The summed E-state index contributed by atoms with van der Waals surface area (Å²) >= 11 is 12.7. The Morgan fingerprint density at radius 1 is 0.747 bits per heavy atom. The van der Waals surface area contributed by atoms with Crippen molar-refractivity contribution in [2.75, 3.05) is 110 Å². The number of carbonyl (C=O) groups excluding carboxylic acids is 5. The minimum absolute atomic E-state index is 0.0278. The summed E-state index contributed by atoms with van der Waals surface area (Å²) in [6.07, 6.45) is 9.37. The van der Waals surface area contributed by atoms with Crippen molar-refractivity contribution < 1.29 is 52.4 Å². The first kappa shape index (κ1) is 56.6. The third-order valence-corrected chi connectivity index (χ3v) is 13.9. The Labute approximate surface area is 447 Å². The Bertz CT molecular complexity index is 2700. The van der Waals surface area contributed by atoms with E-state index in [0.717, 1.165) is 82.9 Å². The van der Waals surface area contributed by atoms with Crippen molar-refractivity contribution >= 4 is 80.7 Å². The highest BCUT2D eigenvalue weighted by Gasteiger charge is 2.45. The molecule has 3 aliphatic rings. The second-order valence-corrected chi connectivity index (χ2v) is 19.3. The smallest absolute Gasteiger partial charge is 0.264 e. The molecule has 4 aromatic rings. The van der Waals surface area contributed by atoms with Crippen LogP contribution < -0.4 is 30.2 Å². The second-order valence-electron chi connectivity index (χ2n) is 18.4. The van der Waals surface area contributed by atoms with Crippen LogP contribution in [0, 0.1) is 11.3 Å². The molecule has 2 fully saturated rings. The lowest BCUT2D eigenvalue weighted by molar-refractivity contribution is -0.136. The number of nitrogens with one attached hydrogen (secondary N) is 3. The zero-order valence-electron chi connectivity index (χ0n) is 42.6. The molecule has 21 heteroatoms. The van der Waals surface area contributed by atoms with E-state index in [1.807, 2.05) is 12.1 Å². The van der Waals surface area contributed by atoms with Gasteiger partial charge < -0.3 is 48.9 Å². The number of rotatable bonds is 30. The maximum absolute atomic E-state index is 13.3. The van der Waals surface area contributed by atoms with Crippen LogP contribution in [0.4, 0.5) is 17.1 Å². The second kappa shape index (κ2) is 28.7. The predicted molar refractivity (Wildman–Crippen MR) is 283 cm³/mol. The number of pyridine rings is 1. The van der Waals surface area contributed by atoms with E-state index in [1.54, 1.807) is 31.4 Å². The van der Waals surface area contributed by atoms with Gasteiger partial charge in [0.05, 0.1) is 96.6 Å². The molecule has 402 valence electrons. The number of aromatic nitrogens is 1. The highest BCUT2D eigenvalue weighted by atomic mass is 35.5. The molecule has 5 amide bonds. The highest BCUT2D eigenvalue weighted by Crippen LogP contribution is 2.41. The van der Waals surface area contributed by atoms with Crippen molar-refractivity contribution in [2.45, 2.75) is 76.7 Å². The molecule has 2 saturated heterocycles. The molecular weight excluding hydrogens is 1010 g/mol. The Morgan fingerprint density at radius 3 is 2.09 bits per heavy atom. The third-order valence-electron chi connectivity index (χ3n) is 13.3. The SMILES string of the molecule is COc1cc(Nc2c(C#N)cnc3cc(OCCCN4CCN(CCCCCCOCCOCCOCCCCCC(=O)Nc5cccc6c5C(=O)N(C5CCC(=O)NC5=O)C6=O)CC4)c(OC)cc23)c(Cl)cc1Cl. The van der Waals surface area contributed by atoms with E-state index < -0.39 is 29.7 Å². The monoisotopic (exact) mass is 1070 g/mol. The lowest BCUT2D eigenvalue weighted by Gasteiger charge is -2.34. The summed E-state index contributed by atoms with van der Waals surface area (Å²) in [5.74, 6) is -1.15. The van der Waals surface area contributed by atoms with Gasteiger partial charge in [-0.1, -0.05) is 48.5 Å². The van der Waals surface area contributed by atoms with Crippen molar-refractivity contribution in [2.24, 2.45) is 0 Å². The standard InChI is InChI=1S/C54H66Cl2N8O11/c1-70-45-33-43(39(55)31-40(45)56)60-51-36(34-57)35-58-42-32-47(46(71-2)30-38(42)51)75-25-11-18-63-21-19-62(20-22-63)17-7-3-4-8-23-72-26-28-74-29-27-73-24-9-5-6-14-48(65)59-41-13-10-12-37-50(41)54(69)64(53(37)68)44-15-16-49(66)61-52(44)67/h10,12-13,30-33,35,44H,3-9,11,14-29H2,1-2H3,(H,58,60)(H,59,65)(H,61,66,67). The van der Waals surface area contributed by atoms with Gasteiger partial charge in [0.2, 0.25) is 17.7 Å². The number of amides is 5. The fourth-order valence-corrected chi connectivity index (χ4v) is 9.76. The molecule has 0 aliphatic carbocycles. The number of halogens is 2. The zero-order valence-corrected chi connectivity index (χ0v) is 44.2. The molecule has 3 aromatic carbocycles. The number of hydrogen-bond donors (Lipinski definition) is 3. The van der Waals surface area contributed by atoms with Gasteiger partial charge in [-0.3, -0.25) is 39.2 Å². The van der Waals surface area contributed by atoms with Crippen LogP contribution in [0.5, 0.6) is 17.2 Å². The number of hydrogen-bond acceptors (Lipinski definition) is 16. The molecule has 0 bridgehead atoms. The lowest BCUT2D eigenvalue weighted by atomic mass is 10.0. The first-order valence-corrected chi connectivity index (χ1v) is 26.4. The predicted octanol–water partition coefficient (Wildman–Crippen LogP) is 7.77. The fourth-order valence-electron chi connectivity index (χ4n) is 9.25. The number of carbonyl (C=O) groups is 5. The first-order valence-electron chi connectivity index (χ1n) is 25.7. The molecule has 1 aromatic heterocycles. The van der Waals surface area contributed by atoms with E-state index in [-0.39, 0.29) is 42.0 Å². The number of imide groups is 2. The van der Waals surface area contributed by atoms with Gasteiger partial charge in [-0.25, -0.2) is 0 Å². The normalized spacial score (nSPS) is 16.0. The Morgan fingerprint density at radius 2 is 1.41 bits per heavy atom. The molecule has 1 atom stereocenters. The molecular formula is C54H66Cl2N8O11. The van der Waals surface area contributed by atoms with Gasteiger partial charge in [-0.2, -0.15) is 5.26 Å². The number of nitriles is 1. The van der Waals surface area contributed by atoms with Gasteiger partial charge in [0.15, 0.2) is 11.5 Å². The Hall–Kier alpha value is -6.11. The van der Waals surface area contributed by atoms with Crippen LogP contribution in [0.3, 0.4) is 0 Å². The topological polar surface area (TPSA) is 223 Å². The van der Waals surface area contributed by atoms with Crippen LogP contribution in [-0.4, -0.2) is 155 Å². The summed E-state index contributed by atoms with van der Waals surface area (Å²) < 4.78 is 34.4. The fraction of sp³-hybridized carbons (Fsp3) is 0.500. The van der Waals surface area contributed by atoms with Crippen LogP contribution in [0.25, 0.3) is 10.9 Å². The number of fused-ring (bicyclic) bond motifs is 2. The van der Waals surface area contributed by atoms with Crippen molar-refractivity contribution in [3.05, 3.63) is 75.4 Å². The van der Waals surface area contributed by atoms with Gasteiger partial charge in [0.1, 0.15) is 17.9 Å². The van der Waals surface area contributed by atoms with Gasteiger partial charge in [0.25, 0.3) is 11.8 Å². The maximum Gasteiger partial charge on any atom is 0.264 e. The van der Waals surface area contributed by atoms with Crippen LogP contribution in [0.2, 0.25) is 10.0 Å². The van der Waals surface area contributed by atoms with Crippen LogP contribution in [-0.2, 0) is 28.6 Å². The Kier molecular flexibility index (Phi) is 21.7. The van der Waals surface area contributed by atoms with Gasteiger partial charge in [0, 0.05) is 82.5 Å². The van der Waals surface area contributed by atoms with Crippen LogP contribution in [0.1, 0.15) is 96.9 Å². The molecule has 0 saturated carbocycles. The molecule has 0 spiro atoms. The van der Waals surface area contributed by atoms with E-state index in [1.165, 1.54) is 32.2 Å². The van der Waals surface area contributed by atoms with Gasteiger partial charge in [-0.15, -0.1) is 0 Å². The van der Waals surface area contributed by atoms with Crippen LogP contribution in [0.15, 0.2) is 48.7 Å². The van der Waals surface area contributed by atoms with E-state index in [4.69, 9.17) is 51.6 Å². The number of methoxy groups -OCH3 is 2. The van der Waals surface area contributed by atoms with Crippen molar-refractivity contribution in [1.29, 1.82) is 5.26 Å². The molecule has 75 heavy (non-hydrogen) atoms. The zero-order chi connectivity index (χ0) is 53.1. The molecule has 3 N–H and O–H groups in total. The van der Waals surface area contributed by atoms with Crippen LogP contribution >= 0.6 is 23.2 Å². The molecule has 19 nitrogen and oxygen atoms in total. The summed E-state index contributed by atoms with van der Waals surface area (Å²) in [4.78, 5) is 73.5. The third kappa shape index (κ3) is 15.5. The van der Waals surface area contributed by atoms with E-state index >= 15 is 0 Å². The number of unbranched alkanes of at least 4 members (excludes halogenated alkanes) is 5. The quantitative estimate of drug-likeness (QED) is 0.0335. The molecule has 7 rings (SSSR count). The van der Waals surface area contributed by atoms with E-state index in [0.29, 0.717) is 101 Å². The van der Waals surface area contributed by atoms with E-state index in [9.17, 15) is 29.2 Å². The minimum Gasteiger partial charge on any atom is -0.495 e. The van der Waals surface area contributed by atoms with E-state index in [2.05, 4.69) is 36.8 Å². The first-order chi connectivity index (χ1) is 36.5. The summed E-state index contributed by atoms with van der Waals surface area (Å²) in [7, 11) is 3.11. The van der Waals surface area contributed by atoms with Crippen molar-refractivity contribution in [3.63, 3.8) is 0 Å². The van der Waals surface area contributed by atoms with Crippen molar-refractivity contribution in [1.82, 2.24) is 25.0 Å². The highest BCUT2D eigenvalue weighted by molar-refractivity contribution is 6.37. The maximum atomic E-state index is 13.3. The number of ether oxygens (including phenoxy) is 6. The lowest BCUT2D eigenvalue weighted by Crippen LogP contribution is -2.54. The molecule has 4 heterocycles. The molecule has 1 unspecified atom stereocenters. The average molecular weight is 1070 g/mol.